The fourth-order valence-corrected chi connectivity index (χ4v) is 3.71. The molecule has 0 bridgehead atoms. The topological polar surface area (TPSA) is 76.3 Å². The summed E-state index contributed by atoms with van der Waals surface area (Å²) in [5.74, 6) is 0.537. The highest BCUT2D eigenvalue weighted by molar-refractivity contribution is 7.89. The first-order chi connectivity index (χ1) is 8.05. The summed E-state index contributed by atoms with van der Waals surface area (Å²) in [6.07, 6.45) is 3.43. The first-order valence-electron chi connectivity index (χ1n) is 5.76. The van der Waals surface area contributed by atoms with Gasteiger partial charge in [-0.2, -0.15) is 4.31 Å². The largest absolute Gasteiger partial charge is 0.383 e. The number of sulfonamides is 1. The van der Waals surface area contributed by atoms with E-state index in [0.29, 0.717) is 19.0 Å². The fourth-order valence-electron chi connectivity index (χ4n) is 2.11. The molecule has 1 atom stereocenters. The minimum atomic E-state index is -3.47. The van der Waals surface area contributed by atoms with E-state index >= 15 is 0 Å². The van der Waals surface area contributed by atoms with Crippen molar-refractivity contribution in [1.82, 2.24) is 9.29 Å². The van der Waals surface area contributed by atoms with Crippen LogP contribution in [-0.4, -0.2) is 30.8 Å². The number of hydrogen-bond donors (Lipinski definition) is 1. The molecular formula is C11H17N3O2S. The van der Waals surface area contributed by atoms with Crippen LogP contribution in [0.5, 0.6) is 0 Å². The summed E-state index contributed by atoms with van der Waals surface area (Å²) in [5, 5.41) is 0. The summed E-state index contributed by atoms with van der Waals surface area (Å²) >= 11 is 0. The second kappa shape index (κ2) is 4.62. The van der Waals surface area contributed by atoms with Crippen molar-refractivity contribution in [2.75, 3.05) is 18.8 Å². The fraction of sp³-hybridized carbons (Fsp3) is 0.545. The van der Waals surface area contributed by atoms with Crippen LogP contribution >= 0.6 is 0 Å². The van der Waals surface area contributed by atoms with Gasteiger partial charge in [0.05, 0.1) is 0 Å². The van der Waals surface area contributed by atoms with Crippen LogP contribution in [-0.2, 0) is 10.0 Å². The van der Waals surface area contributed by atoms with Crippen molar-refractivity contribution in [1.29, 1.82) is 0 Å². The molecule has 1 aromatic rings. The van der Waals surface area contributed by atoms with E-state index in [-0.39, 0.29) is 10.7 Å². The van der Waals surface area contributed by atoms with Crippen LogP contribution in [0.2, 0.25) is 0 Å². The minimum absolute atomic E-state index is 0.0763. The normalized spacial score (nSPS) is 21.8. The Morgan fingerprint density at radius 2 is 2.35 bits per heavy atom. The zero-order valence-corrected chi connectivity index (χ0v) is 10.7. The number of nitrogens with zero attached hydrogens (tertiary/aromatic N) is 2. The third-order valence-electron chi connectivity index (χ3n) is 3.24. The van der Waals surface area contributed by atoms with Gasteiger partial charge in [-0.05, 0) is 24.5 Å². The van der Waals surface area contributed by atoms with Crippen LogP contribution in [0.4, 0.5) is 5.82 Å². The smallest absolute Gasteiger partial charge is 0.246 e. The Balaban J connectivity index is 2.29. The highest BCUT2D eigenvalue weighted by Crippen LogP contribution is 2.27. The maximum absolute atomic E-state index is 12.3. The average molecular weight is 255 g/mol. The van der Waals surface area contributed by atoms with Gasteiger partial charge in [0.2, 0.25) is 10.0 Å². The minimum Gasteiger partial charge on any atom is -0.383 e. The third-order valence-corrected chi connectivity index (χ3v) is 5.16. The monoisotopic (exact) mass is 255 g/mol. The summed E-state index contributed by atoms with van der Waals surface area (Å²) in [6.45, 7) is 3.25. The molecule has 1 fully saturated rings. The molecule has 6 heteroatoms. The van der Waals surface area contributed by atoms with Crippen LogP contribution in [0, 0.1) is 5.92 Å². The quantitative estimate of drug-likeness (QED) is 0.877. The molecule has 1 aliphatic rings. The Morgan fingerprint density at radius 1 is 1.59 bits per heavy atom. The Bertz CT molecular complexity index is 501. The van der Waals surface area contributed by atoms with Gasteiger partial charge in [-0.15, -0.1) is 0 Å². The molecule has 0 amide bonds. The van der Waals surface area contributed by atoms with E-state index in [2.05, 4.69) is 11.9 Å². The van der Waals surface area contributed by atoms with Crippen LogP contribution in [0.25, 0.3) is 0 Å². The number of rotatable bonds is 3. The lowest BCUT2D eigenvalue weighted by molar-refractivity contribution is 0.453. The van der Waals surface area contributed by atoms with Gasteiger partial charge in [0.25, 0.3) is 0 Å². The number of anilines is 1. The molecule has 1 saturated heterocycles. The lowest BCUT2D eigenvalue weighted by Gasteiger charge is -2.17. The molecular weight excluding hydrogens is 238 g/mol. The van der Waals surface area contributed by atoms with Crippen molar-refractivity contribution in [3.63, 3.8) is 0 Å². The summed E-state index contributed by atoms with van der Waals surface area (Å²) < 4.78 is 26.2. The summed E-state index contributed by atoms with van der Waals surface area (Å²) in [4.78, 5) is 3.95. The first kappa shape index (κ1) is 12.3. The predicted octanol–water partition coefficient (Wildman–Crippen LogP) is 1.08. The van der Waals surface area contributed by atoms with E-state index < -0.39 is 10.0 Å². The van der Waals surface area contributed by atoms with Crippen molar-refractivity contribution in [2.24, 2.45) is 5.92 Å². The van der Waals surface area contributed by atoms with E-state index in [9.17, 15) is 8.42 Å². The van der Waals surface area contributed by atoms with Gasteiger partial charge >= 0.3 is 0 Å². The van der Waals surface area contributed by atoms with Crippen molar-refractivity contribution in [3.8, 4) is 0 Å². The third kappa shape index (κ3) is 2.28. The number of hydrogen-bond acceptors (Lipinski definition) is 4. The predicted molar refractivity (Wildman–Crippen MR) is 65.8 cm³/mol. The molecule has 0 saturated carbocycles. The molecule has 0 radical (unpaired) electrons. The molecule has 2 heterocycles. The average Bonchev–Trinajstić information content (AvgIpc) is 2.78. The van der Waals surface area contributed by atoms with Crippen molar-refractivity contribution >= 4 is 15.8 Å². The Labute approximate surface area is 102 Å². The molecule has 1 aromatic heterocycles. The van der Waals surface area contributed by atoms with Gasteiger partial charge in [0, 0.05) is 19.3 Å². The van der Waals surface area contributed by atoms with Crippen molar-refractivity contribution in [2.45, 2.75) is 24.7 Å². The molecule has 1 unspecified atom stereocenters. The molecule has 2 rings (SSSR count). The molecule has 94 valence electrons. The maximum Gasteiger partial charge on any atom is 0.246 e. The Hall–Kier alpha value is -1.14. The lowest BCUT2D eigenvalue weighted by atomic mass is 10.1. The van der Waals surface area contributed by atoms with Crippen LogP contribution in [0.1, 0.15) is 19.8 Å². The van der Waals surface area contributed by atoms with Gasteiger partial charge in [0.1, 0.15) is 10.7 Å². The molecule has 1 aliphatic heterocycles. The number of nitrogens with two attached hydrogens (primary N) is 1. The highest BCUT2D eigenvalue weighted by atomic mass is 32.2. The lowest BCUT2D eigenvalue weighted by Crippen LogP contribution is -2.29. The zero-order valence-electron chi connectivity index (χ0n) is 9.83. The van der Waals surface area contributed by atoms with E-state index in [1.165, 1.54) is 16.6 Å². The SMILES string of the molecule is CCC1CCN(S(=O)(=O)c2cccnc2N)C1. The molecule has 0 spiro atoms. The van der Waals surface area contributed by atoms with Gasteiger partial charge in [-0.1, -0.05) is 13.3 Å². The van der Waals surface area contributed by atoms with Crippen molar-refractivity contribution in [3.05, 3.63) is 18.3 Å². The van der Waals surface area contributed by atoms with E-state index in [4.69, 9.17) is 5.73 Å². The molecule has 0 aliphatic carbocycles. The van der Waals surface area contributed by atoms with E-state index in [1.807, 2.05) is 0 Å². The standard InChI is InChI=1S/C11H17N3O2S/c1-2-9-5-7-14(8-9)17(15,16)10-4-3-6-13-11(10)12/h3-4,6,9H,2,5,7-8H2,1H3,(H2,12,13). The number of aromatic nitrogens is 1. The second-order valence-electron chi connectivity index (χ2n) is 4.31. The van der Waals surface area contributed by atoms with Gasteiger partial charge < -0.3 is 5.73 Å². The summed E-state index contributed by atoms with van der Waals surface area (Å²) in [5.41, 5.74) is 5.62. The highest BCUT2D eigenvalue weighted by Gasteiger charge is 2.32. The Kier molecular flexibility index (Phi) is 3.35. The van der Waals surface area contributed by atoms with Gasteiger partial charge in [-0.3, -0.25) is 0 Å². The van der Waals surface area contributed by atoms with Gasteiger partial charge in [0.15, 0.2) is 0 Å². The van der Waals surface area contributed by atoms with Crippen LogP contribution < -0.4 is 5.73 Å². The van der Waals surface area contributed by atoms with Crippen LogP contribution in [0.3, 0.4) is 0 Å². The van der Waals surface area contributed by atoms with E-state index in [1.54, 1.807) is 6.07 Å². The zero-order chi connectivity index (χ0) is 12.5. The first-order valence-corrected chi connectivity index (χ1v) is 7.20. The molecule has 17 heavy (non-hydrogen) atoms. The van der Waals surface area contributed by atoms with Gasteiger partial charge in [-0.25, -0.2) is 13.4 Å². The van der Waals surface area contributed by atoms with Crippen LogP contribution in [0.15, 0.2) is 23.2 Å². The second-order valence-corrected chi connectivity index (χ2v) is 6.22. The summed E-state index contributed by atoms with van der Waals surface area (Å²) in [7, 11) is -3.47. The molecule has 0 aromatic carbocycles. The van der Waals surface area contributed by atoms with E-state index in [0.717, 1.165) is 12.8 Å². The molecule has 5 nitrogen and oxygen atoms in total. The Morgan fingerprint density at radius 3 is 2.94 bits per heavy atom. The van der Waals surface area contributed by atoms with Crippen molar-refractivity contribution < 1.29 is 8.42 Å². The number of nitrogen functional groups attached to an aromatic ring is 1. The number of pyridine rings is 1. The maximum atomic E-state index is 12.3. The summed E-state index contributed by atoms with van der Waals surface area (Å²) in [6, 6.07) is 3.10. The molecule has 2 N–H and O–H groups in total.